The Kier molecular flexibility index (Phi) is 8.14. The topological polar surface area (TPSA) is 87.9 Å². The molecule has 41 heavy (non-hydrogen) atoms. The molecule has 0 bridgehead atoms. The van der Waals surface area contributed by atoms with Gasteiger partial charge in [-0.15, -0.1) is 0 Å². The average molecular weight is 590 g/mol. The fourth-order valence-corrected chi connectivity index (χ4v) is 8.21. The minimum atomic E-state index is -3.63. The van der Waals surface area contributed by atoms with Gasteiger partial charge in [0.2, 0.25) is 10.0 Å². The number of hydrogen-bond acceptors (Lipinski definition) is 6. The fraction of sp³-hybridized carbons (Fsp3) is 0.387. The number of thioether (sulfide) groups is 1. The van der Waals surface area contributed by atoms with Gasteiger partial charge in [-0.25, -0.2) is 13.1 Å². The first kappa shape index (κ1) is 27.9. The van der Waals surface area contributed by atoms with Crippen LogP contribution in [0, 0.1) is 5.92 Å². The van der Waals surface area contributed by atoms with Crippen molar-refractivity contribution in [3.05, 3.63) is 71.3 Å². The van der Waals surface area contributed by atoms with Crippen molar-refractivity contribution in [1.82, 2.24) is 19.0 Å². The zero-order valence-electron chi connectivity index (χ0n) is 23.3. The number of carbonyl (C=O) groups excluding carboxylic acids is 1. The Hall–Kier alpha value is -3.21. The summed E-state index contributed by atoms with van der Waals surface area (Å²) < 4.78 is 30.6. The van der Waals surface area contributed by atoms with Crippen LogP contribution in [0.15, 0.2) is 75.6 Å². The summed E-state index contributed by atoms with van der Waals surface area (Å²) in [5, 5.41) is 5.64. The number of nitrogens with zero attached hydrogens (tertiary/aromatic N) is 5. The lowest BCUT2D eigenvalue weighted by molar-refractivity contribution is -0.113. The highest BCUT2D eigenvalue weighted by atomic mass is 32.2. The summed E-state index contributed by atoms with van der Waals surface area (Å²) in [5.41, 5.74) is 2.90. The normalized spacial score (nSPS) is 21.7. The summed E-state index contributed by atoms with van der Waals surface area (Å²) in [6.45, 7) is 5.14. The van der Waals surface area contributed by atoms with Crippen molar-refractivity contribution in [3.8, 4) is 16.9 Å². The highest BCUT2D eigenvalue weighted by molar-refractivity contribution is 8.18. The van der Waals surface area contributed by atoms with Crippen LogP contribution in [-0.2, 0) is 14.8 Å². The van der Waals surface area contributed by atoms with Gasteiger partial charge in [-0.2, -0.15) is 14.4 Å². The number of amidine groups is 1. The number of para-hydroxylation sites is 1. The van der Waals surface area contributed by atoms with Crippen molar-refractivity contribution in [2.45, 2.75) is 50.3 Å². The largest absolute Gasteiger partial charge is 0.351 e. The van der Waals surface area contributed by atoms with Crippen LogP contribution < -0.4 is 0 Å². The molecular weight excluding hydrogens is 555 g/mol. The number of sulfonamides is 1. The molecule has 0 spiro atoms. The average Bonchev–Trinajstić information content (AvgIpc) is 3.45. The van der Waals surface area contributed by atoms with E-state index >= 15 is 0 Å². The highest BCUT2D eigenvalue weighted by Crippen LogP contribution is 2.35. The summed E-state index contributed by atoms with van der Waals surface area (Å²) in [6.07, 6.45) is 9.89. The molecule has 0 N–H and O–H groups in total. The number of carbonyl (C=O) groups is 1. The maximum absolute atomic E-state index is 13.6. The van der Waals surface area contributed by atoms with E-state index in [1.807, 2.05) is 48.7 Å². The Morgan fingerprint density at radius 2 is 1.73 bits per heavy atom. The number of aromatic nitrogens is 2. The van der Waals surface area contributed by atoms with Gasteiger partial charge < -0.3 is 4.90 Å². The lowest BCUT2D eigenvalue weighted by Gasteiger charge is -2.31. The molecule has 0 aliphatic carbocycles. The van der Waals surface area contributed by atoms with E-state index in [0.29, 0.717) is 35.2 Å². The summed E-state index contributed by atoms with van der Waals surface area (Å²) in [6, 6.07) is 16.8. The molecule has 8 nitrogen and oxygen atoms in total. The van der Waals surface area contributed by atoms with Crippen LogP contribution in [0.1, 0.15) is 51.0 Å². The molecule has 0 saturated carbocycles. The van der Waals surface area contributed by atoms with E-state index in [2.05, 4.69) is 16.8 Å². The van der Waals surface area contributed by atoms with Gasteiger partial charge in [0.05, 0.1) is 15.5 Å². The molecule has 1 unspecified atom stereocenters. The zero-order valence-corrected chi connectivity index (χ0v) is 24.9. The zero-order chi connectivity index (χ0) is 28.4. The number of amides is 1. The third-order valence-electron chi connectivity index (χ3n) is 7.90. The van der Waals surface area contributed by atoms with Crippen LogP contribution in [0.4, 0.5) is 0 Å². The summed E-state index contributed by atoms with van der Waals surface area (Å²) >= 11 is 1.41. The molecule has 1 amide bonds. The van der Waals surface area contributed by atoms with Crippen LogP contribution >= 0.6 is 11.8 Å². The van der Waals surface area contributed by atoms with Crippen molar-refractivity contribution in [3.63, 3.8) is 0 Å². The molecule has 10 heteroatoms. The van der Waals surface area contributed by atoms with Gasteiger partial charge >= 0.3 is 0 Å². The Labute approximate surface area is 246 Å². The Morgan fingerprint density at radius 1 is 0.951 bits per heavy atom. The Bertz CT molecular complexity index is 1590. The quantitative estimate of drug-likeness (QED) is 0.349. The summed E-state index contributed by atoms with van der Waals surface area (Å²) in [5.74, 6) is 0.322. The van der Waals surface area contributed by atoms with E-state index in [9.17, 15) is 13.2 Å². The number of rotatable bonds is 5. The van der Waals surface area contributed by atoms with E-state index in [4.69, 9.17) is 5.10 Å². The predicted molar refractivity (Wildman–Crippen MR) is 164 cm³/mol. The van der Waals surface area contributed by atoms with E-state index in [0.717, 1.165) is 61.6 Å². The minimum absolute atomic E-state index is 0.251. The predicted octanol–water partition coefficient (Wildman–Crippen LogP) is 5.81. The van der Waals surface area contributed by atoms with Gasteiger partial charge in [0, 0.05) is 43.5 Å². The van der Waals surface area contributed by atoms with Crippen molar-refractivity contribution >= 4 is 38.9 Å². The molecule has 3 aliphatic rings. The molecule has 3 aromatic rings. The fourth-order valence-electron chi connectivity index (χ4n) is 5.70. The molecule has 2 fully saturated rings. The third kappa shape index (κ3) is 6.05. The van der Waals surface area contributed by atoms with Gasteiger partial charge in [-0.3, -0.25) is 4.79 Å². The minimum Gasteiger partial charge on any atom is -0.351 e. The highest BCUT2D eigenvalue weighted by Gasteiger charge is 2.30. The summed E-state index contributed by atoms with van der Waals surface area (Å²) in [4.78, 5) is 20.4. The Morgan fingerprint density at radius 3 is 2.49 bits per heavy atom. The smallest absolute Gasteiger partial charge is 0.286 e. The van der Waals surface area contributed by atoms with E-state index < -0.39 is 10.0 Å². The maximum atomic E-state index is 13.6. The molecule has 3 aliphatic heterocycles. The van der Waals surface area contributed by atoms with Crippen LogP contribution in [0.2, 0.25) is 0 Å². The van der Waals surface area contributed by atoms with E-state index in [1.54, 1.807) is 27.2 Å². The van der Waals surface area contributed by atoms with Gasteiger partial charge in [0.25, 0.3) is 5.91 Å². The number of aliphatic imine (C=N–C) groups is 1. The van der Waals surface area contributed by atoms with E-state index in [1.165, 1.54) is 18.2 Å². The molecule has 2 aromatic carbocycles. The number of hydrogen-bond donors (Lipinski definition) is 0. The maximum Gasteiger partial charge on any atom is 0.286 e. The van der Waals surface area contributed by atoms with Crippen LogP contribution in [0.5, 0.6) is 0 Å². The molecule has 214 valence electrons. The van der Waals surface area contributed by atoms with Gasteiger partial charge in [-0.1, -0.05) is 50.1 Å². The van der Waals surface area contributed by atoms with Crippen molar-refractivity contribution in [2.24, 2.45) is 10.9 Å². The molecular formula is C31H35N5O3S2. The van der Waals surface area contributed by atoms with Crippen LogP contribution in [0.3, 0.4) is 0 Å². The first-order valence-corrected chi connectivity index (χ1v) is 16.7. The van der Waals surface area contributed by atoms with Crippen molar-refractivity contribution in [2.75, 3.05) is 26.2 Å². The lowest BCUT2D eigenvalue weighted by atomic mass is 10.0. The van der Waals surface area contributed by atoms with Crippen LogP contribution in [-0.4, -0.2) is 64.7 Å². The van der Waals surface area contributed by atoms with Crippen LogP contribution in [0.25, 0.3) is 23.0 Å². The molecule has 1 aromatic heterocycles. The molecule has 0 radical (unpaired) electrons. The second kappa shape index (κ2) is 12.0. The number of piperidine rings is 1. The molecule has 2 saturated heterocycles. The first-order chi connectivity index (χ1) is 19.9. The monoisotopic (exact) mass is 589 g/mol. The van der Waals surface area contributed by atoms with Gasteiger partial charge in [0.1, 0.15) is 5.69 Å². The lowest BCUT2D eigenvalue weighted by Crippen LogP contribution is -2.37. The number of likely N-dealkylation sites (tertiary alicyclic amines) is 1. The SMILES string of the molecule is CC1CCCN(C2=NC(=O)C(=Cc3cn(-c4ccccc4)nc3-c3cccc(S(=O)(=O)N4CCCCCC4)c3)S2)C1. The first-order valence-electron chi connectivity index (χ1n) is 14.4. The van der Waals surface area contributed by atoms with E-state index in [-0.39, 0.29) is 10.8 Å². The molecule has 1 atom stereocenters. The molecule has 6 rings (SSSR count). The molecule has 4 heterocycles. The van der Waals surface area contributed by atoms with Crippen molar-refractivity contribution < 1.29 is 13.2 Å². The Balaban J connectivity index is 1.36. The van der Waals surface area contributed by atoms with Crippen molar-refractivity contribution in [1.29, 1.82) is 0 Å². The standard InChI is InChI=1S/C31H35N5O3S2/c1-23-11-10-16-34(21-23)31-32-30(37)28(40-31)20-25-22-36(26-13-5-4-6-14-26)33-29(25)24-12-9-15-27(19-24)41(38,39)35-17-7-2-3-8-18-35/h4-6,9,12-15,19-20,22-23H,2-3,7-8,10-11,16-18,21H2,1H3. The van der Waals surface area contributed by atoms with Gasteiger partial charge in [-0.05, 0) is 73.7 Å². The summed E-state index contributed by atoms with van der Waals surface area (Å²) in [7, 11) is -3.63. The second-order valence-corrected chi connectivity index (χ2v) is 14.0. The third-order valence-corrected chi connectivity index (χ3v) is 10.8. The number of benzene rings is 2. The van der Waals surface area contributed by atoms with Gasteiger partial charge in [0.15, 0.2) is 5.17 Å². The second-order valence-electron chi connectivity index (χ2n) is 11.1.